The number of aromatic nitrogens is 2. The third kappa shape index (κ3) is 8.16. The van der Waals surface area contributed by atoms with Gasteiger partial charge in [0.05, 0.1) is 12.6 Å². The minimum absolute atomic E-state index is 0.00512. The van der Waals surface area contributed by atoms with Gasteiger partial charge in [-0.2, -0.15) is 5.10 Å². The molecule has 0 saturated carbocycles. The first-order valence-corrected chi connectivity index (χ1v) is 11.6. The number of aliphatic imine (C=N–C) groups is 1. The van der Waals surface area contributed by atoms with Gasteiger partial charge in [0.15, 0.2) is 5.96 Å². The van der Waals surface area contributed by atoms with Crippen LogP contribution < -0.4 is 10.6 Å². The average molecular weight is 448 g/mol. The van der Waals surface area contributed by atoms with E-state index in [1.165, 1.54) is 0 Å². The van der Waals surface area contributed by atoms with Crippen LogP contribution in [0.4, 0.5) is 0 Å². The fourth-order valence-corrected chi connectivity index (χ4v) is 3.68. The molecule has 1 fully saturated rings. The molecular formula is C23H34ClN5O2. The molecule has 0 radical (unpaired) electrons. The molecule has 1 aliphatic rings. The van der Waals surface area contributed by atoms with Crippen molar-refractivity contribution in [3.05, 3.63) is 53.3 Å². The molecule has 1 aliphatic heterocycles. The second kappa shape index (κ2) is 13.3. The van der Waals surface area contributed by atoms with E-state index in [1.54, 1.807) is 6.20 Å². The van der Waals surface area contributed by atoms with Crippen LogP contribution in [0.25, 0.3) is 0 Å². The van der Waals surface area contributed by atoms with Crippen molar-refractivity contribution < 1.29 is 9.47 Å². The summed E-state index contributed by atoms with van der Waals surface area (Å²) in [5.41, 5.74) is 1.12. The third-order valence-corrected chi connectivity index (χ3v) is 5.57. The van der Waals surface area contributed by atoms with Gasteiger partial charge in [-0.3, -0.25) is 9.67 Å². The first kappa shape index (κ1) is 23.6. The fraction of sp³-hybridized carbons (Fsp3) is 0.565. The van der Waals surface area contributed by atoms with Crippen molar-refractivity contribution in [2.45, 2.75) is 32.2 Å². The van der Waals surface area contributed by atoms with E-state index in [-0.39, 0.29) is 6.04 Å². The zero-order valence-electron chi connectivity index (χ0n) is 18.3. The van der Waals surface area contributed by atoms with Crippen LogP contribution in [0.2, 0.25) is 5.02 Å². The van der Waals surface area contributed by atoms with E-state index in [2.05, 4.69) is 22.7 Å². The van der Waals surface area contributed by atoms with Crippen molar-refractivity contribution in [1.29, 1.82) is 0 Å². The van der Waals surface area contributed by atoms with Crippen LogP contribution in [0.15, 0.2) is 47.7 Å². The second-order valence-corrected chi connectivity index (χ2v) is 8.12. The standard InChI is InChI=1S/C23H34ClN5O2/c1-2-25-23(26-11-4-14-31-18-19-9-15-30-16-10-19)27-17-22(29-13-3-12-28-29)20-5-7-21(24)8-6-20/h3,5-8,12-13,19,22H,2,4,9-11,14-18H2,1H3,(H2,25,26,27). The Bertz CT molecular complexity index is 761. The van der Waals surface area contributed by atoms with Crippen molar-refractivity contribution in [3.63, 3.8) is 0 Å². The molecule has 0 amide bonds. The summed E-state index contributed by atoms with van der Waals surface area (Å²) >= 11 is 6.06. The zero-order chi connectivity index (χ0) is 21.7. The van der Waals surface area contributed by atoms with E-state index in [0.29, 0.717) is 12.5 Å². The van der Waals surface area contributed by atoms with E-state index >= 15 is 0 Å². The first-order valence-electron chi connectivity index (χ1n) is 11.2. The molecular weight excluding hydrogens is 414 g/mol. The lowest BCUT2D eigenvalue weighted by atomic mass is 10.0. The predicted molar refractivity (Wildman–Crippen MR) is 125 cm³/mol. The van der Waals surface area contributed by atoms with Crippen molar-refractivity contribution in [3.8, 4) is 0 Å². The Morgan fingerprint density at radius 3 is 2.81 bits per heavy atom. The van der Waals surface area contributed by atoms with Gasteiger partial charge in [-0.25, -0.2) is 0 Å². The number of hydrogen-bond donors (Lipinski definition) is 2. The molecule has 0 bridgehead atoms. The number of rotatable bonds is 11. The van der Waals surface area contributed by atoms with E-state index in [9.17, 15) is 0 Å². The van der Waals surface area contributed by atoms with Crippen LogP contribution >= 0.6 is 11.6 Å². The Balaban J connectivity index is 1.48. The van der Waals surface area contributed by atoms with Gasteiger partial charge in [0.2, 0.25) is 0 Å². The highest BCUT2D eigenvalue weighted by molar-refractivity contribution is 6.30. The average Bonchev–Trinajstić information content (AvgIpc) is 3.32. The van der Waals surface area contributed by atoms with Crippen molar-refractivity contribution >= 4 is 17.6 Å². The molecule has 31 heavy (non-hydrogen) atoms. The van der Waals surface area contributed by atoms with Gasteiger partial charge in [0.25, 0.3) is 0 Å². The molecule has 8 heteroatoms. The Morgan fingerprint density at radius 2 is 2.10 bits per heavy atom. The highest BCUT2D eigenvalue weighted by Gasteiger charge is 2.15. The highest BCUT2D eigenvalue weighted by Crippen LogP contribution is 2.20. The number of nitrogens with zero attached hydrogens (tertiary/aromatic N) is 3. The van der Waals surface area contributed by atoms with Crippen LogP contribution in [-0.4, -0.2) is 61.8 Å². The summed E-state index contributed by atoms with van der Waals surface area (Å²) < 4.78 is 13.2. The summed E-state index contributed by atoms with van der Waals surface area (Å²) in [7, 11) is 0. The van der Waals surface area contributed by atoms with Gasteiger partial charge < -0.3 is 20.1 Å². The Kier molecular flexibility index (Phi) is 10.2. The second-order valence-electron chi connectivity index (χ2n) is 7.68. The monoisotopic (exact) mass is 447 g/mol. The summed E-state index contributed by atoms with van der Waals surface area (Å²) in [5.74, 6) is 1.45. The number of nitrogens with one attached hydrogen (secondary N) is 2. The van der Waals surface area contributed by atoms with Crippen LogP contribution in [0.1, 0.15) is 37.8 Å². The summed E-state index contributed by atoms with van der Waals surface area (Å²) in [6.45, 7) is 7.58. The number of guanidine groups is 1. The summed E-state index contributed by atoms with van der Waals surface area (Å²) in [5, 5.41) is 11.9. The molecule has 1 aromatic heterocycles. The molecule has 2 N–H and O–H groups in total. The molecule has 170 valence electrons. The topological polar surface area (TPSA) is 72.7 Å². The molecule has 1 unspecified atom stereocenters. The lowest BCUT2D eigenvalue weighted by molar-refractivity contribution is 0.0203. The van der Waals surface area contributed by atoms with E-state index in [0.717, 1.165) is 75.3 Å². The molecule has 0 spiro atoms. The molecule has 1 saturated heterocycles. The smallest absolute Gasteiger partial charge is 0.191 e. The van der Waals surface area contributed by atoms with Gasteiger partial charge in [0.1, 0.15) is 0 Å². The Hall–Kier alpha value is -2.09. The lowest BCUT2D eigenvalue weighted by Gasteiger charge is -2.21. The van der Waals surface area contributed by atoms with Crippen LogP contribution in [-0.2, 0) is 9.47 Å². The van der Waals surface area contributed by atoms with E-state index in [1.807, 2.05) is 41.2 Å². The van der Waals surface area contributed by atoms with Crippen molar-refractivity contribution in [1.82, 2.24) is 20.4 Å². The minimum Gasteiger partial charge on any atom is -0.381 e. The minimum atomic E-state index is 0.00512. The highest BCUT2D eigenvalue weighted by atomic mass is 35.5. The molecule has 3 rings (SSSR count). The Labute approximate surface area is 190 Å². The number of hydrogen-bond acceptors (Lipinski definition) is 4. The number of ether oxygens (including phenoxy) is 2. The van der Waals surface area contributed by atoms with E-state index in [4.69, 9.17) is 26.1 Å². The zero-order valence-corrected chi connectivity index (χ0v) is 19.1. The van der Waals surface area contributed by atoms with Crippen molar-refractivity contribution in [2.75, 3.05) is 46.1 Å². The normalized spacial score (nSPS) is 16.3. The molecule has 1 aromatic carbocycles. The summed E-state index contributed by atoms with van der Waals surface area (Å²) in [4.78, 5) is 4.81. The van der Waals surface area contributed by atoms with Crippen LogP contribution in [0.5, 0.6) is 0 Å². The largest absolute Gasteiger partial charge is 0.381 e. The summed E-state index contributed by atoms with van der Waals surface area (Å²) in [6.07, 6.45) is 6.91. The quantitative estimate of drug-likeness (QED) is 0.313. The molecule has 7 nitrogen and oxygen atoms in total. The number of halogens is 1. The lowest BCUT2D eigenvalue weighted by Crippen LogP contribution is -2.38. The van der Waals surface area contributed by atoms with Gasteiger partial charge >= 0.3 is 0 Å². The Morgan fingerprint density at radius 1 is 1.29 bits per heavy atom. The van der Waals surface area contributed by atoms with Crippen LogP contribution in [0, 0.1) is 5.92 Å². The van der Waals surface area contributed by atoms with Gasteiger partial charge in [-0.15, -0.1) is 0 Å². The predicted octanol–water partition coefficient (Wildman–Crippen LogP) is 3.51. The maximum Gasteiger partial charge on any atom is 0.191 e. The first-order chi connectivity index (χ1) is 15.3. The van der Waals surface area contributed by atoms with Gasteiger partial charge in [-0.1, -0.05) is 23.7 Å². The molecule has 2 aromatic rings. The fourth-order valence-electron chi connectivity index (χ4n) is 3.56. The molecule has 0 aliphatic carbocycles. The van der Waals surface area contributed by atoms with Gasteiger partial charge in [0, 0.05) is 56.9 Å². The molecule has 2 heterocycles. The van der Waals surface area contributed by atoms with Gasteiger partial charge in [-0.05, 0) is 55.9 Å². The van der Waals surface area contributed by atoms with E-state index < -0.39 is 0 Å². The van der Waals surface area contributed by atoms with Crippen molar-refractivity contribution in [2.24, 2.45) is 10.9 Å². The maximum atomic E-state index is 6.06. The maximum absolute atomic E-state index is 6.06. The molecule has 1 atom stereocenters. The number of benzene rings is 1. The van der Waals surface area contributed by atoms with Crippen LogP contribution in [0.3, 0.4) is 0 Å². The SMILES string of the molecule is CCNC(=NCC(c1ccc(Cl)cc1)n1cccn1)NCCCOCC1CCOCC1. The third-order valence-electron chi connectivity index (χ3n) is 5.32. The summed E-state index contributed by atoms with van der Waals surface area (Å²) in [6, 6.07) is 9.80.